The number of ether oxygens (including phenoxy) is 1. The predicted molar refractivity (Wildman–Crippen MR) is 90.8 cm³/mol. The monoisotopic (exact) mass is 361 g/mol. The second-order valence-corrected chi connectivity index (χ2v) is 6.07. The summed E-state index contributed by atoms with van der Waals surface area (Å²) >= 11 is 0. The summed E-state index contributed by atoms with van der Waals surface area (Å²) in [6.45, 7) is 6.02. The lowest BCUT2D eigenvalue weighted by Crippen LogP contribution is -2.50. The van der Waals surface area contributed by atoms with E-state index in [0.717, 1.165) is 4.90 Å². The highest BCUT2D eigenvalue weighted by Crippen LogP contribution is 2.35. The Morgan fingerprint density at radius 2 is 2.00 bits per heavy atom. The number of allylic oxidation sites excluding steroid dienone is 1. The molecule has 0 bridgehead atoms. The SMILES string of the molecule is CC(=O)N1C(=O)NC(C)=C(C(=O)OC(C)C)C1c1cccc([N+](=O)[O-])c1. The van der Waals surface area contributed by atoms with Gasteiger partial charge in [0, 0.05) is 24.8 Å². The molecule has 1 aromatic rings. The predicted octanol–water partition coefficient (Wildman–Crippen LogP) is 2.43. The summed E-state index contributed by atoms with van der Waals surface area (Å²) in [5.74, 6) is -1.32. The number of esters is 1. The van der Waals surface area contributed by atoms with Gasteiger partial charge in [-0.1, -0.05) is 12.1 Å². The van der Waals surface area contributed by atoms with E-state index in [0.29, 0.717) is 0 Å². The van der Waals surface area contributed by atoms with Gasteiger partial charge < -0.3 is 10.1 Å². The van der Waals surface area contributed by atoms with Gasteiger partial charge in [0.1, 0.15) is 6.04 Å². The highest BCUT2D eigenvalue weighted by Gasteiger charge is 2.41. The van der Waals surface area contributed by atoms with Crippen molar-refractivity contribution in [1.82, 2.24) is 10.2 Å². The van der Waals surface area contributed by atoms with Gasteiger partial charge in [-0.05, 0) is 26.3 Å². The highest BCUT2D eigenvalue weighted by atomic mass is 16.6. The third-order valence-corrected chi connectivity index (χ3v) is 3.75. The molecule has 9 heteroatoms. The second kappa shape index (κ2) is 7.34. The van der Waals surface area contributed by atoms with Gasteiger partial charge in [0.05, 0.1) is 16.6 Å². The fourth-order valence-corrected chi connectivity index (χ4v) is 2.73. The third kappa shape index (κ3) is 3.71. The van der Waals surface area contributed by atoms with Gasteiger partial charge in [0.15, 0.2) is 0 Å². The number of amides is 3. The molecule has 1 atom stereocenters. The Balaban J connectivity index is 2.66. The molecule has 138 valence electrons. The zero-order valence-electron chi connectivity index (χ0n) is 14.8. The van der Waals surface area contributed by atoms with Crippen molar-refractivity contribution in [2.24, 2.45) is 0 Å². The first kappa shape index (κ1) is 19.1. The van der Waals surface area contributed by atoms with Crippen molar-refractivity contribution in [2.45, 2.75) is 39.8 Å². The van der Waals surface area contributed by atoms with Crippen molar-refractivity contribution in [3.8, 4) is 0 Å². The third-order valence-electron chi connectivity index (χ3n) is 3.75. The van der Waals surface area contributed by atoms with Crippen LogP contribution in [0.5, 0.6) is 0 Å². The number of hydrogen-bond acceptors (Lipinski definition) is 6. The maximum absolute atomic E-state index is 12.6. The molecule has 0 spiro atoms. The summed E-state index contributed by atoms with van der Waals surface area (Å²) in [6.07, 6.45) is -0.419. The molecule has 1 heterocycles. The van der Waals surface area contributed by atoms with Crippen molar-refractivity contribution >= 4 is 23.6 Å². The van der Waals surface area contributed by atoms with Crippen LogP contribution in [0, 0.1) is 10.1 Å². The number of rotatable bonds is 4. The minimum absolute atomic E-state index is 0.0500. The molecule has 0 aromatic heterocycles. The van der Waals surface area contributed by atoms with E-state index in [2.05, 4.69) is 5.32 Å². The number of nitro benzene ring substituents is 1. The minimum Gasteiger partial charge on any atom is -0.459 e. The van der Waals surface area contributed by atoms with E-state index >= 15 is 0 Å². The van der Waals surface area contributed by atoms with Crippen LogP contribution in [0.25, 0.3) is 0 Å². The smallest absolute Gasteiger partial charge is 0.338 e. The van der Waals surface area contributed by atoms with Crippen LogP contribution in [0.4, 0.5) is 10.5 Å². The molecule has 0 aliphatic carbocycles. The van der Waals surface area contributed by atoms with E-state index in [4.69, 9.17) is 4.74 Å². The van der Waals surface area contributed by atoms with Gasteiger partial charge in [0.2, 0.25) is 5.91 Å². The summed E-state index contributed by atoms with van der Waals surface area (Å²) in [4.78, 5) is 48.3. The van der Waals surface area contributed by atoms with Gasteiger partial charge in [-0.25, -0.2) is 9.59 Å². The highest BCUT2D eigenvalue weighted by molar-refractivity contribution is 6.01. The summed E-state index contributed by atoms with van der Waals surface area (Å²) in [5.41, 5.74) is 0.328. The summed E-state index contributed by atoms with van der Waals surface area (Å²) in [7, 11) is 0. The fourth-order valence-electron chi connectivity index (χ4n) is 2.73. The van der Waals surface area contributed by atoms with Crippen molar-refractivity contribution < 1.29 is 24.0 Å². The van der Waals surface area contributed by atoms with Crippen molar-refractivity contribution in [1.29, 1.82) is 0 Å². The van der Waals surface area contributed by atoms with Crippen LogP contribution in [-0.2, 0) is 14.3 Å². The number of imide groups is 1. The van der Waals surface area contributed by atoms with E-state index in [1.807, 2.05) is 0 Å². The molecule has 3 amide bonds. The Hall–Kier alpha value is -3.23. The molecule has 1 aliphatic rings. The van der Waals surface area contributed by atoms with Crippen LogP contribution in [0.2, 0.25) is 0 Å². The molecule has 0 radical (unpaired) electrons. The van der Waals surface area contributed by atoms with Crippen molar-refractivity contribution in [3.63, 3.8) is 0 Å². The fraction of sp³-hybridized carbons (Fsp3) is 0.353. The number of carbonyl (C=O) groups excluding carboxylic acids is 3. The number of nitrogens with zero attached hydrogens (tertiary/aromatic N) is 2. The lowest BCUT2D eigenvalue weighted by Gasteiger charge is -2.35. The van der Waals surface area contributed by atoms with Crippen LogP contribution in [0.1, 0.15) is 39.3 Å². The molecular weight excluding hydrogens is 342 g/mol. The number of benzene rings is 1. The number of carbonyl (C=O) groups is 3. The average Bonchev–Trinajstić information content (AvgIpc) is 2.52. The molecule has 9 nitrogen and oxygen atoms in total. The topological polar surface area (TPSA) is 119 Å². The molecule has 0 saturated carbocycles. The van der Waals surface area contributed by atoms with E-state index < -0.39 is 35.0 Å². The van der Waals surface area contributed by atoms with Gasteiger partial charge in [0.25, 0.3) is 5.69 Å². The molecule has 1 aliphatic heterocycles. The largest absolute Gasteiger partial charge is 0.459 e. The molecule has 0 saturated heterocycles. The average molecular weight is 361 g/mol. The van der Waals surface area contributed by atoms with Crippen molar-refractivity contribution in [3.05, 3.63) is 51.2 Å². The molecular formula is C17H19N3O6. The molecule has 1 N–H and O–H groups in total. The number of hydrogen-bond donors (Lipinski definition) is 1. The lowest BCUT2D eigenvalue weighted by molar-refractivity contribution is -0.384. The summed E-state index contributed by atoms with van der Waals surface area (Å²) < 4.78 is 5.23. The Bertz CT molecular complexity index is 814. The van der Waals surface area contributed by atoms with Gasteiger partial charge in [-0.2, -0.15) is 0 Å². The Morgan fingerprint density at radius 3 is 2.54 bits per heavy atom. The summed E-state index contributed by atoms with van der Waals surface area (Å²) in [6, 6.07) is 3.63. The lowest BCUT2D eigenvalue weighted by atomic mass is 9.93. The first-order chi connectivity index (χ1) is 12.1. The van der Waals surface area contributed by atoms with Gasteiger partial charge in [-0.15, -0.1) is 0 Å². The molecule has 26 heavy (non-hydrogen) atoms. The normalized spacial score (nSPS) is 17.2. The number of non-ortho nitro benzene ring substituents is 1. The van der Waals surface area contributed by atoms with Crippen LogP contribution in [0.15, 0.2) is 35.5 Å². The number of urea groups is 1. The minimum atomic E-state index is -1.12. The Morgan fingerprint density at radius 1 is 1.35 bits per heavy atom. The molecule has 1 unspecified atom stereocenters. The maximum Gasteiger partial charge on any atom is 0.338 e. The van der Waals surface area contributed by atoms with Crippen LogP contribution in [-0.4, -0.2) is 33.8 Å². The maximum atomic E-state index is 12.6. The van der Waals surface area contributed by atoms with Crippen LogP contribution in [0.3, 0.4) is 0 Å². The Kier molecular flexibility index (Phi) is 5.39. The number of nitro groups is 1. The second-order valence-electron chi connectivity index (χ2n) is 6.07. The quantitative estimate of drug-likeness (QED) is 0.500. The van der Waals surface area contributed by atoms with Crippen molar-refractivity contribution in [2.75, 3.05) is 0 Å². The zero-order valence-corrected chi connectivity index (χ0v) is 14.8. The van der Waals surface area contributed by atoms with Crippen LogP contribution >= 0.6 is 0 Å². The van der Waals surface area contributed by atoms with Crippen LogP contribution < -0.4 is 5.32 Å². The summed E-state index contributed by atoms with van der Waals surface area (Å²) in [5, 5.41) is 13.5. The zero-order chi connectivity index (χ0) is 19.6. The van der Waals surface area contributed by atoms with E-state index in [-0.39, 0.29) is 22.5 Å². The van der Waals surface area contributed by atoms with Gasteiger partial charge in [-0.3, -0.25) is 19.8 Å². The standard InChI is InChI=1S/C17H19N3O6/c1-9(2)26-16(22)14-10(3)18-17(23)19(11(4)21)15(14)12-6-5-7-13(8-12)20(24)25/h5-9,15H,1-4H3,(H,18,23). The van der Waals surface area contributed by atoms with E-state index in [9.17, 15) is 24.5 Å². The molecule has 2 rings (SSSR count). The molecule has 1 aromatic carbocycles. The Labute approximate surface area is 149 Å². The first-order valence-electron chi connectivity index (χ1n) is 7.90. The first-order valence-corrected chi connectivity index (χ1v) is 7.90. The van der Waals surface area contributed by atoms with E-state index in [1.54, 1.807) is 13.8 Å². The van der Waals surface area contributed by atoms with E-state index in [1.165, 1.54) is 38.1 Å². The van der Waals surface area contributed by atoms with Gasteiger partial charge >= 0.3 is 12.0 Å². The molecule has 0 fully saturated rings. The number of nitrogens with one attached hydrogen (secondary N) is 1.